The minimum atomic E-state index is -0.0141. The first-order valence-electron chi connectivity index (χ1n) is 8.63. The highest BCUT2D eigenvalue weighted by Gasteiger charge is 2.18. The van der Waals surface area contributed by atoms with Crippen molar-refractivity contribution in [2.24, 2.45) is 0 Å². The minimum Gasteiger partial charge on any atom is -0.308 e. The first-order valence-corrected chi connectivity index (χ1v) is 9.01. The van der Waals surface area contributed by atoms with E-state index in [1.165, 1.54) is 0 Å². The maximum Gasteiger partial charge on any atom is 0.258 e. The molecule has 2 aromatic carbocycles. The van der Waals surface area contributed by atoms with Crippen LogP contribution < -0.4 is 4.90 Å². The van der Waals surface area contributed by atoms with E-state index in [-0.39, 0.29) is 5.91 Å². The zero-order valence-corrected chi connectivity index (χ0v) is 16.2. The number of hydrogen-bond acceptors (Lipinski definition) is 2. The van der Waals surface area contributed by atoms with Gasteiger partial charge in [0, 0.05) is 17.8 Å². The Balaban J connectivity index is 1.91. The van der Waals surface area contributed by atoms with Gasteiger partial charge in [-0.25, -0.2) is 4.68 Å². The Morgan fingerprint density at radius 1 is 1.08 bits per heavy atom. The number of halogens is 1. The van der Waals surface area contributed by atoms with Gasteiger partial charge in [-0.3, -0.25) is 4.79 Å². The lowest BCUT2D eigenvalue weighted by atomic mass is 10.1. The number of nitrogens with zero attached hydrogens (tertiary/aromatic N) is 3. The second-order valence-corrected chi connectivity index (χ2v) is 6.66. The summed E-state index contributed by atoms with van der Waals surface area (Å²) in [5.74, 6) is -0.0141. The van der Waals surface area contributed by atoms with E-state index in [4.69, 9.17) is 11.6 Å². The molecular formula is C21H22ClN3O. The van der Waals surface area contributed by atoms with Crippen LogP contribution in [0.15, 0.2) is 48.5 Å². The van der Waals surface area contributed by atoms with Gasteiger partial charge in [0.05, 0.1) is 22.1 Å². The Morgan fingerprint density at radius 3 is 2.27 bits per heavy atom. The fraction of sp³-hybridized carbons (Fsp3) is 0.238. The molecule has 0 atom stereocenters. The van der Waals surface area contributed by atoms with Gasteiger partial charge < -0.3 is 4.90 Å². The molecule has 1 aromatic heterocycles. The number of amides is 1. The number of aryl methyl sites for hydroxylation is 2. The van der Waals surface area contributed by atoms with Crippen LogP contribution in [-0.4, -0.2) is 22.2 Å². The first-order chi connectivity index (χ1) is 12.4. The summed E-state index contributed by atoms with van der Waals surface area (Å²) in [6, 6.07) is 15.4. The third-order valence-electron chi connectivity index (χ3n) is 4.53. The molecule has 0 N–H and O–H groups in total. The normalized spacial score (nSPS) is 10.8. The van der Waals surface area contributed by atoms with Crippen LogP contribution >= 0.6 is 11.6 Å². The van der Waals surface area contributed by atoms with Gasteiger partial charge in [0.1, 0.15) is 0 Å². The quantitative estimate of drug-likeness (QED) is 0.642. The van der Waals surface area contributed by atoms with Crippen molar-refractivity contribution in [3.63, 3.8) is 0 Å². The van der Waals surface area contributed by atoms with Crippen LogP contribution in [0, 0.1) is 20.8 Å². The average molecular weight is 368 g/mol. The Hall–Kier alpha value is -2.59. The molecule has 134 valence electrons. The summed E-state index contributed by atoms with van der Waals surface area (Å²) in [5.41, 5.74) is 5.23. The third-order valence-corrected chi connectivity index (χ3v) is 5.08. The SMILES string of the molecule is CCN(C(=O)c1ccc(-n2nc(C)c(Cl)c2C)cc1)c1ccccc1C. The van der Waals surface area contributed by atoms with E-state index in [1.807, 2.05) is 76.2 Å². The number of para-hydroxylation sites is 1. The Labute approximate surface area is 159 Å². The summed E-state index contributed by atoms with van der Waals surface area (Å²) in [6.45, 7) is 8.42. The molecule has 0 radical (unpaired) electrons. The molecule has 5 heteroatoms. The van der Waals surface area contributed by atoms with Gasteiger partial charge in [0.15, 0.2) is 0 Å². The van der Waals surface area contributed by atoms with Crippen molar-refractivity contribution < 1.29 is 4.79 Å². The van der Waals surface area contributed by atoms with Crippen molar-refractivity contribution in [3.8, 4) is 5.69 Å². The standard InChI is InChI=1S/C21H22ClN3O/c1-5-24(19-9-7-6-8-14(19)2)21(26)17-10-12-18(13-11-17)25-16(4)20(22)15(3)23-25/h6-13H,5H2,1-4H3. The predicted molar refractivity (Wildman–Crippen MR) is 107 cm³/mol. The molecule has 0 unspecified atom stereocenters. The van der Waals surface area contributed by atoms with Gasteiger partial charge in [0.25, 0.3) is 5.91 Å². The summed E-state index contributed by atoms with van der Waals surface area (Å²) in [7, 11) is 0. The molecule has 0 saturated heterocycles. The fourth-order valence-electron chi connectivity index (χ4n) is 3.07. The number of hydrogen-bond donors (Lipinski definition) is 0. The highest BCUT2D eigenvalue weighted by molar-refractivity contribution is 6.31. The lowest BCUT2D eigenvalue weighted by molar-refractivity contribution is 0.0988. The number of benzene rings is 2. The summed E-state index contributed by atoms with van der Waals surface area (Å²) in [6.07, 6.45) is 0. The highest BCUT2D eigenvalue weighted by Crippen LogP contribution is 2.24. The zero-order chi connectivity index (χ0) is 18.8. The van der Waals surface area contributed by atoms with E-state index in [0.717, 1.165) is 28.3 Å². The molecule has 0 spiro atoms. The molecule has 0 aliphatic carbocycles. The van der Waals surface area contributed by atoms with E-state index in [0.29, 0.717) is 17.1 Å². The average Bonchev–Trinajstić information content (AvgIpc) is 2.91. The van der Waals surface area contributed by atoms with E-state index < -0.39 is 0 Å². The monoisotopic (exact) mass is 367 g/mol. The lowest BCUT2D eigenvalue weighted by Crippen LogP contribution is -2.31. The van der Waals surface area contributed by atoms with Gasteiger partial charge in [-0.2, -0.15) is 5.10 Å². The van der Waals surface area contributed by atoms with Crippen LogP contribution in [0.25, 0.3) is 5.69 Å². The van der Waals surface area contributed by atoms with Crippen LogP contribution in [-0.2, 0) is 0 Å². The van der Waals surface area contributed by atoms with Crippen LogP contribution in [0.4, 0.5) is 5.69 Å². The molecule has 1 heterocycles. The number of carbonyl (C=O) groups is 1. The highest BCUT2D eigenvalue weighted by atomic mass is 35.5. The molecule has 4 nitrogen and oxygen atoms in total. The smallest absolute Gasteiger partial charge is 0.258 e. The number of carbonyl (C=O) groups excluding carboxylic acids is 1. The molecule has 0 aliphatic rings. The van der Waals surface area contributed by atoms with E-state index in [1.54, 1.807) is 9.58 Å². The topological polar surface area (TPSA) is 38.1 Å². The van der Waals surface area contributed by atoms with E-state index >= 15 is 0 Å². The second kappa shape index (κ2) is 7.34. The van der Waals surface area contributed by atoms with Gasteiger partial charge in [0.2, 0.25) is 0 Å². The fourth-order valence-corrected chi connectivity index (χ4v) is 3.18. The minimum absolute atomic E-state index is 0.0141. The molecular weight excluding hydrogens is 346 g/mol. The Kier molecular flexibility index (Phi) is 5.14. The molecule has 0 saturated carbocycles. The largest absolute Gasteiger partial charge is 0.308 e. The Bertz CT molecular complexity index is 944. The molecule has 0 bridgehead atoms. The molecule has 3 aromatic rings. The van der Waals surface area contributed by atoms with Crippen molar-refractivity contribution in [2.75, 3.05) is 11.4 Å². The van der Waals surface area contributed by atoms with E-state index in [2.05, 4.69) is 5.10 Å². The van der Waals surface area contributed by atoms with Gasteiger partial charge >= 0.3 is 0 Å². The second-order valence-electron chi connectivity index (χ2n) is 6.28. The molecule has 1 amide bonds. The first kappa shape index (κ1) is 18.2. The molecule has 0 aliphatic heterocycles. The van der Waals surface area contributed by atoms with Crippen LogP contribution in [0.3, 0.4) is 0 Å². The van der Waals surface area contributed by atoms with Crippen LogP contribution in [0.1, 0.15) is 34.2 Å². The number of aromatic nitrogens is 2. The molecule has 26 heavy (non-hydrogen) atoms. The van der Waals surface area contributed by atoms with Gasteiger partial charge in [-0.05, 0) is 63.6 Å². The van der Waals surface area contributed by atoms with Crippen molar-refractivity contribution in [3.05, 3.63) is 76.1 Å². The van der Waals surface area contributed by atoms with Crippen LogP contribution in [0.2, 0.25) is 5.02 Å². The zero-order valence-electron chi connectivity index (χ0n) is 15.5. The maximum atomic E-state index is 13.0. The van der Waals surface area contributed by atoms with E-state index in [9.17, 15) is 4.79 Å². The lowest BCUT2D eigenvalue weighted by Gasteiger charge is -2.23. The van der Waals surface area contributed by atoms with Crippen molar-refractivity contribution >= 4 is 23.2 Å². The predicted octanol–water partition coefficient (Wildman–Crippen LogP) is 5.12. The van der Waals surface area contributed by atoms with Gasteiger partial charge in [-0.1, -0.05) is 29.8 Å². The summed E-state index contributed by atoms with van der Waals surface area (Å²) in [4.78, 5) is 14.8. The molecule has 0 fully saturated rings. The van der Waals surface area contributed by atoms with Crippen molar-refractivity contribution in [2.45, 2.75) is 27.7 Å². The van der Waals surface area contributed by atoms with Gasteiger partial charge in [-0.15, -0.1) is 0 Å². The summed E-state index contributed by atoms with van der Waals surface area (Å²) >= 11 is 6.23. The van der Waals surface area contributed by atoms with Crippen LogP contribution in [0.5, 0.6) is 0 Å². The summed E-state index contributed by atoms with van der Waals surface area (Å²) in [5, 5.41) is 5.12. The summed E-state index contributed by atoms with van der Waals surface area (Å²) < 4.78 is 1.80. The number of anilines is 1. The molecule has 3 rings (SSSR count). The third kappa shape index (κ3) is 3.25. The Morgan fingerprint density at radius 2 is 1.73 bits per heavy atom. The maximum absolute atomic E-state index is 13.0. The number of rotatable bonds is 4. The van der Waals surface area contributed by atoms with Crippen molar-refractivity contribution in [1.29, 1.82) is 0 Å². The van der Waals surface area contributed by atoms with Crippen molar-refractivity contribution in [1.82, 2.24) is 9.78 Å².